The van der Waals surface area contributed by atoms with Crippen LogP contribution in [0.5, 0.6) is 0 Å². The summed E-state index contributed by atoms with van der Waals surface area (Å²) < 4.78 is 5.35. The Kier molecular flexibility index (Phi) is 1.90. The fourth-order valence-corrected chi connectivity index (χ4v) is 1.05. The number of hydrogen-bond donors (Lipinski definition) is 0. The third-order valence-electron chi connectivity index (χ3n) is 1.60. The zero-order valence-corrected chi connectivity index (χ0v) is 5.39. The molecule has 1 heterocycles. The van der Waals surface area contributed by atoms with Gasteiger partial charge in [-0.1, -0.05) is 6.92 Å². The summed E-state index contributed by atoms with van der Waals surface area (Å²) in [7, 11) is 0. The summed E-state index contributed by atoms with van der Waals surface area (Å²) in [6.07, 6.45) is 2.89. The summed E-state index contributed by atoms with van der Waals surface area (Å²) in [5.41, 5.74) is 0. The van der Waals surface area contributed by atoms with Crippen LogP contribution in [0.3, 0.4) is 0 Å². The van der Waals surface area contributed by atoms with Crippen molar-refractivity contribution in [1.82, 2.24) is 0 Å². The fraction of sp³-hybridized carbons (Fsp3) is 0.857. The molecule has 0 saturated carbocycles. The molecule has 1 aliphatic heterocycles. The highest BCUT2D eigenvalue weighted by atomic mass is 16.5. The lowest BCUT2D eigenvalue weighted by Gasteiger charge is -2.11. The minimum Gasteiger partial charge on any atom is -0.378 e. The largest absolute Gasteiger partial charge is 0.378 e. The smallest absolute Gasteiger partial charge is 0.0601 e. The highest BCUT2D eigenvalue weighted by molar-refractivity contribution is 4.71. The van der Waals surface area contributed by atoms with Gasteiger partial charge in [0, 0.05) is 6.61 Å². The van der Waals surface area contributed by atoms with Crippen LogP contribution in [0.2, 0.25) is 0 Å². The molecule has 0 N–H and O–H groups in total. The molecule has 0 aromatic heterocycles. The highest BCUT2D eigenvalue weighted by Gasteiger charge is 2.18. The van der Waals surface area contributed by atoms with Crippen LogP contribution in [0.4, 0.5) is 0 Å². The van der Waals surface area contributed by atoms with E-state index in [2.05, 4.69) is 13.8 Å². The number of ether oxygens (including phenoxy) is 1. The molecule has 1 fully saturated rings. The maximum Gasteiger partial charge on any atom is 0.0601 e. The normalized spacial score (nSPS) is 29.6. The standard InChI is InChI=1S/C7H13O/c1-6(2)7-4-3-5-8-7/h6-7H,1,3-5H2,2H3. The first-order valence-corrected chi connectivity index (χ1v) is 3.25. The average Bonchev–Trinajstić information content (AvgIpc) is 2.12. The van der Waals surface area contributed by atoms with Crippen molar-refractivity contribution >= 4 is 0 Å². The fourth-order valence-electron chi connectivity index (χ4n) is 1.05. The van der Waals surface area contributed by atoms with Gasteiger partial charge in [0.15, 0.2) is 0 Å². The molecule has 1 heteroatoms. The molecule has 1 nitrogen and oxygen atoms in total. The van der Waals surface area contributed by atoms with Crippen molar-refractivity contribution in [3.63, 3.8) is 0 Å². The second-order valence-corrected chi connectivity index (χ2v) is 2.53. The van der Waals surface area contributed by atoms with Crippen molar-refractivity contribution < 1.29 is 4.74 Å². The Hall–Kier alpha value is -0.0400. The Balaban J connectivity index is 2.24. The summed E-state index contributed by atoms with van der Waals surface area (Å²) in [6, 6.07) is 0. The van der Waals surface area contributed by atoms with Gasteiger partial charge in [-0.15, -0.1) is 0 Å². The Morgan fingerprint density at radius 1 is 1.75 bits per heavy atom. The predicted octanol–water partition coefficient (Wildman–Crippen LogP) is 1.64. The molecule has 0 aromatic carbocycles. The molecule has 1 saturated heterocycles. The lowest BCUT2D eigenvalue weighted by atomic mass is 10.1. The quantitative estimate of drug-likeness (QED) is 0.502. The van der Waals surface area contributed by atoms with Gasteiger partial charge in [0.2, 0.25) is 0 Å². The van der Waals surface area contributed by atoms with E-state index in [1.54, 1.807) is 0 Å². The lowest BCUT2D eigenvalue weighted by Crippen LogP contribution is -2.12. The molecule has 47 valence electrons. The van der Waals surface area contributed by atoms with Gasteiger partial charge in [0.25, 0.3) is 0 Å². The van der Waals surface area contributed by atoms with Crippen LogP contribution in [-0.2, 0) is 4.74 Å². The van der Waals surface area contributed by atoms with Crippen LogP contribution in [0.25, 0.3) is 0 Å². The molecule has 0 aliphatic carbocycles. The van der Waals surface area contributed by atoms with Gasteiger partial charge < -0.3 is 4.74 Å². The van der Waals surface area contributed by atoms with Crippen molar-refractivity contribution in [1.29, 1.82) is 0 Å². The molecule has 0 aromatic rings. The van der Waals surface area contributed by atoms with Crippen LogP contribution in [0.15, 0.2) is 0 Å². The van der Waals surface area contributed by atoms with Crippen LogP contribution < -0.4 is 0 Å². The van der Waals surface area contributed by atoms with Crippen molar-refractivity contribution in [3.05, 3.63) is 6.92 Å². The predicted molar refractivity (Wildman–Crippen MR) is 33.5 cm³/mol. The van der Waals surface area contributed by atoms with Gasteiger partial charge in [-0.05, 0) is 25.7 Å². The monoisotopic (exact) mass is 113 g/mol. The average molecular weight is 113 g/mol. The van der Waals surface area contributed by atoms with Crippen molar-refractivity contribution in [2.45, 2.75) is 25.9 Å². The maximum atomic E-state index is 5.35. The van der Waals surface area contributed by atoms with E-state index < -0.39 is 0 Å². The van der Waals surface area contributed by atoms with Crippen LogP contribution >= 0.6 is 0 Å². The molecule has 0 spiro atoms. The van der Waals surface area contributed by atoms with E-state index in [9.17, 15) is 0 Å². The topological polar surface area (TPSA) is 9.23 Å². The third kappa shape index (κ3) is 1.22. The second kappa shape index (κ2) is 2.49. The molecule has 1 rings (SSSR count). The SMILES string of the molecule is [CH2]C(C)C1CCCO1. The number of rotatable bonds is 1. The van der Waals surface area contributed by atoms with E-state index in [4.69, 9.17) is 4.74 Å². The Bertz CT molecular complexity index is 62.8. The van der Waals surface area contributed by atoms with Crippen molar-refractivity contribution in [2.75, 3.05) is 6.61 Å². The molecule has 2 unspecified atom stereocenters. The summed E-state index contributed by atoms with van der Waals surface area (Å²) in [5.74, 6) is 0.470. The summed E-state index contributed by atoms with van der Waals surface area (Å²) in [6.45, 7) is 6.95. The van der Waals surface area contributed by atoms with Crippen molar-refractivity contribution in [2.24, 2.45) is 5.92 Å². The van der Waals surface area contributed by atoms with E-state index >= 15 is 0 Å². The van der Waals surface area contributed by atoms with E-state index in [0.29, 0.717) is 12.0 Å². The molecular formula is C7H13O. The minimum atomic E-state index is 0.454. The van der Waals surface area contributed by atoms with E-state index in [-0.39, 0.29) is 0 Å². The summed E-state index contributed by atoms with van der Waals surface area (Å²) in [5, 5.41) is 0. The Labute approximate surface area is 51.0 Å². The van der Waals surface area contributed by atoms with Gasteiger partial charge in [-0.3, -0.25) is 0 Å². The summed E-state index contributed by atoms with van der Waals surface area (Å²) in [4.78, 5) is 0. The number of hydrogen-bond acceptors (Lipinski definition) is 1. The van der Waals surface area contributed by atoms with Gasteiger partial charge in [-0.25, -0.2) is 0 Å². The first-order chi connectivity index (χ1) is 3.80. The van der Waals surface area contributed by atoms with E-state index in [0.717, 1.165) is 6.61 Å². The highest BCUT2D eigenvalue weighted by Crippen LogP contribution is 2.18. The molecule has 0 bridgehead atoms. The molecule has 8 heavy (non-hydrogen) atoms. The maximum absolute atomic E-state index is 5.35. The molecule has 0 amide bonds. The first kappa shape index (κ1) is 6.09. The van der Waals surface area contributed by atoms with Crippen LogP contribution in [0.1, 0.15) is 19.8 Å². The molecule has 1 aliphatic rings. The zero-order chi connectivity index (χ0) is 5.98. The molecular weight excluding hydrogens is 100 g/mol. The third-order valence-corrected chi connectivity index (χ3v) is 1.60. The second-order valence-electron chi connectivity index (χ2n) is 2.53. The Morgan fingerprint density at radius 2 is 2.50 bits per heavy atom. The minimum absolute atomic E-state index is 0.454. The molecule has 2 atom stereocenters. The zero-order valence-electron chi connectivity index (χ0n) is 5.39. The van der Waals surface area contributed by atoms with Gasteiger partial charge in [0.05, 0.1) is 6.10 Å². The lowest BCUT2D eigenvalue weighted by molar-refractivity contribution is 0.0838. The van der Waals surface area contributed by atoms with Crippen LogP contribution in [0, 0.1) is 12.8 Å². The van der Waals surface area contributed by atoms with Crippen molar-refractivity contribution in [3.8, 4) is 0 Å². The van der Waals surface area contributed by atoms with E-state index in [1.165, 1.54) is 12.8 Å². The Morgan fingerprint density at radius 3 is 2.75 bits per heavy atom. The summed E-state index contributed by atoms with van der Waals surface area (Å²) >= 11 is 0. The van der Waals surface area contributed by atoms with E-state index in [1.807, 2.05) is 0 Å². The van der Waals surface area contributed by atoms with Crippen LogP contribution in [-0.4, -0.2) is 12.7 Å². The van der Waals surface area contributed by atoms with Gasteiger partial charge in [-0.2, -0.15) is 0 Å². The van der Waals surface area contributed by atoms with Gasteiger partial charge in [0.1, 0.15) is 0 Å². The molecule has 1 radical (unpaired) electrons. The first-order valence-electron chi connectivity index (χ1n) is 3.25. The van der Waals surface area contributed by atoms with Gasteiger partial charge >= 0.3 is 0 Å².